The van der Waals surface area contributed by atoms with Crippen molar-refractivity contribution in [3.63, 3.8) is 0 Å². The van der Waals surface area contributed by atoms with Crippen LogP contribution in [-0.2, 0) is 37.8 Å². The Hall–Kier alpha value is -5.07. The van der Waals surface area contributed by atoms with Crippen molar-refractivity contribution >= 4 is 34.8 Å². The van der Waals surface area contributed by atoms with E-state index < -0.39 is 11.9 Å². The molecule has 11 heteroatoms. The molecule has 58 heavy (non-hydrogen) atoms. The summed E-state index contributed by atoms with van der Waals surface area (Å²) in [6.07, 6.45) is 1.90. The van der Waals surface area contributed by atoms with Crippen LogP contribution < -0.4 is 16.4 Å². The molecule has 10 nitrogen and oxygen atoms in total. The smallest absolute Gasteiger partial charge is 0.224 e. The molecule has 2 amide bonds. The molecule has 2 aliphatic heterocycles. The Bertz CT molecular complexity index is 2140. The van der Waals surface area contributed by atoms with Gasteiger partial charge in [0.2, 0.25) is 11.8 Å². The van der Waals surface area contributed by atoms with Gasteiger partial charge >= 0.3 is 0 Å². The first-order valence-corrected chi connectivity index (χ1v) is 20.3. The summed E-state index contributed by atoms with van der Waals surface area (Å²) >= 11 is 6.10. The summed E-state index contributed by atoms with van der Waals surface area (Å²) in [5.74, 6) is -0.294. The quantitative estimate of drug-likeness (QED) is 0.0710. The topological polar surface area (TPSA) is 146 Å². The maximum Gasteiger partial charge on any atom is 0.224 e. The van der Waals surface area contributed by atoms with Crippen LogP contribution in [0.1, 0.15) is 78.7 Å². The molecule has 0 spiro atoms. The Morgan fingerprint density at radius 3 is 2.22 bits per heavy atom. The number of likely N-dealkylation sites (tertiary alicyclic amines) is 1. The van der Waals surface area contributed by atoms with Crippen molar-refractivity contribution in [2.75, 3.05) is 30.7 Å². The van der Waals surface area contributed by atoms with Crippen LogP contribution in [0.5, 0.6) is 0 Å². The van der Waals surface area contributed by atoms with E-state index in [9.17, 15) is 19.8 Å². The predicted molar refractivity (Wildman–Crippen MR) is 227 cm³/mol. The number of nitrogen functional groups attached to an aromatic ring is 1. The maximum atomic E-state index is 12.6. The van der Waals surface area contributed by atoms with Crippen molar-refractivity contribution in [1.29, 1.82) is 0 Å². The lowest BCUT2D eigenvalue weighted by Gasteiger charge is -2.42. The van der Waals surface area contributed by atoms with Gasteiger partial charge in [-0.25, -0.2) is 0 Å². The van der Waals surface area contributed by atoms with Gasteiger partial charge in [-0.2, -0.15) is 0 Å². The summed E-state index contributed by atoms with van der Waals surface area (Å²) in [7, 11) is 0. The summed E-state index contributed by atoms with van der Waals surface area (Å²) in [5.41, 5.74) is 12.8. The molecule has 6 N–H and O–H groups in total. The highest BCUT2D eigenvalue weighted by Gasteiger charge is 2.37. The number of amides is 2. The number of aliphatic hydroxyl groups is 2. The second-order valence-electron chi connectivity index (χ2n) is 15.3. The van der Waals surface area contributed by atoms with Crippen molar-refractivity contribution in [2.45, 2.75) is 75.8 Å². The predicted octanol–water partition coefficient (Wildman–Crippen LogP) is 8.04. The van der Waals surface area contributed by atoms with Crippen LogP contribution in [0.25, 0.3) is 11.1 Å². The molecule has 2 aliphatic rings. The molecule has 0 saturated carbocycles. The van der Waals surface area contributed by atoms with E-state index in [0.29, 0.717) is 55.2 Å². The van der Waals surface area contributed by atoms with Gasteiger partial charge < -0.3 is 41.0 Å². The summed E-state index contributed by atoms with van der Waals surface area (Å²) in [4.78, 5) is 27.3. The number of nitrogens with one attached hydrogen (secondary N) is 2. The first-order valence-electron chi connectivity index (χ1n) is 20.0. The van der Waals surface area contributed by atoms with E-state index in [1.54, 1.807) is 24.3 Å². The van der Waals surface area contributed by atoms with Crippen LogP contribution in [0.4, 0.5) is 11.4 Å². The lowest BCUT2D eigenvalue weighted by molar-refractivity contribution is -0.253. The molecule has 2 heterocycles. The van der Waals surface area contributed by atoms with Gasteiger partial charge in [0, 0.05) is 56.0 Å². The number of rotatable bonds is 14. The number of ether oxygens (including phenoxy) is 2. The zero-order chi connectivity index (χ0) is 40.5. The third kappa shape index (κ3) is 10.7. The van der Waals surface area contributed by atoms with Gasteiger partial charge in [0.05, 0.1) is 35.8 Å². The highest BCUT2D eigenvalue weighted by Crippen LogP contribution is 2.40. The van der Waals surface area contributed by atoms with Gasteiger partial charge in [-0.1, -0.05) is 103 Å². The van der Waals surface area contributed by atoms with E-state index in [4.69, 9.17) is 26.8 Å². The van der Waals surface area contributed by atoms with Gasteiger partial charge in [0.25, 0.3) is 0 Å². The van der Waals surface area contributed by atoms with Crippen molar-refractivity contribution in [3.05, 3.63) is 154 Å². The minimum absolute atomic E-state index is 0.0185. The highest BCUT2D eigenvalue weighted by atomic mass is 35.5. The number of hydrogen-bond acceptors (Lipinski definition) is 8. The zero-order valence-electron chi connectivity index (χ0n) is 32.5. The van der Waals surface area contributed by atoms with E-state index in [1.165, 1.54) is 0 Å². The van der Waals surface area contributed by atoms with E-state index in [1.807, 2.05) is 78.9 Å². The fourth-order valence-corrected chi connectivity index (χ4v) is 7.82. The molecule has 0 radical (unpaired) electrons. The molecular formula is C47H51ClN4O6. The average Bonchev–Trinajstić information content (AvgIpc) is 3.25. The van der Waals surface area contributed by atoms with E-state index in [-0.39, 0.29) is 43.5 Å². The summed E-state index contributed by atoms with van der Waals surface area (Å²) < 4.78 is 13.3. The van der Waals surface area contributed by atoms with Gasteiger partial charge in [-0.05, 0) is 83.0 Å². The number of halogens is 1. The molecule has 2 saturated heterocycles. The molecular weight excluding hydrogens is 752 g/mol. The molecule has 3 atom stereocenters. The number of anilines is 2. The number of carbonyl (C=O) groups is 2. The molecule has 7 rings (SSSR count). The zero-order valence-corrected chi connectivity index (χ0v) is 33.2. The number of hydrogen-bond donors (Lipinski definition) is 5. The number of para-hydroxylation sites is 2. The third-order valence-corrected chi connectivity index (χ3v) is 11.4. The van der Waals surface area contributed by atoms with Crippen LogP contribution in [0.2, 0.25) is 5.02 Å². The normalized spacial score (nSPS) is 19.3. The molecule has 0 aromatic heterocycles. The molecule has 302 valence electrons. The fraction of sp³-hybridized carbons (Fsp3) is 0.319. The first-order chi connectivity index (χ1) is 28.1. The fourth-order valence-electron chi connectivity index (χ4n) is 7.69. The molecule has 2 fully saturated rings. The van der Waals surface area contributed by atoms with Crippen molar-refractivity contribution in [3.8, 4) is 11.1 Å². The Kier molecular flexibility index (Phi) is 13.6. The number of benzene rings is 5. The Balaban J connectivity index is 0.951. The number of piperidine rings is 1. The van der Waals surface area contributed by atoms with Crippen LogP contribution in [0, 0.1) is 0 Å². The van der Waals surface area contributed by atoms with E-state index in [0.717, 1.165) is 52.0 Å². The largest absolute Gasteiger partial charge is 0.397 e. The summed E-state index contributed by atoms with van der Waals surface area (Å²) in [6, 6.07) is 38.7. The molecule has 5 aromatic rings. The van der Waals surface area contributed by atoms with E-state index >= 15 is 0 Å². The molecule has 0 aliphatic carbocycles. The van der Waals surface area contributed by atoms with E-state index in [2.05, 4.69) is 33.7 Å². The number of nitrogens with zero attached hydrogens (tertiary/aromatic N) is 1. The van der Waals surface area contributed by atoms with Crippen molar-refractivity contribution < 1.29 is 29.3 Å². The highest BCUT2D eigenvalue weighted by molar-refractivity contribution is 6.30. The molecule has 3 unspecified atom stereocenters. The van der Waals surface area contributed by atoms with Crippen LogP contribution >= 0.6 is 11.6 Å². The lowest BCUT2D eigenvalue weighted by atomic mass is 9.84. The third-order valence-electron chi connectivity index (χ3n) is 11.1. The second kappa shape index (κ2) is 19.1. The lowest BCUT2D eigenvalue weighted by Crippen LogP contribution is -2.46. The van der Waals surface area contributed by atoms with Crippen LogP contribution in [0.3, 0.4) is 0 Å². The van der Waals surface area contributed by atoms with Crippen LogP contribution in [-0.4, -0.2) is 52.7 Å². The van der Waals surface area contributed by atoms with Gasteiger partial charge in [0.15, 0.2) is 6.29 Å². The number of carbonyl (C=O) groups excluding carboxylic acids is 2. The van der Waals surface area contributed by atoms with Crippen molar-refractivity contribution in [2.24, 2.45) is 0 Å². The maximum absolute atomic E-state index is 12.6. The monoisotopic (exact) mass is 802 g/mol. The summed E-state index contributed by atoms with van der Waals surface area (Å²) in [6.45, 7) is 2.54. The standard InChI is InChI=1S/C47H51ClN4O6/c48-39-21-19-38(20-22-39)47(56)23-25-52(26-24-47)30-40-28-43(35-13-11-32(31-53)12-14-35)58-46(57-40)36-17-15-34(16-18-36)37-6-3-5-33(27-37)29-50-44(54)9-4-10-45(55)51-42-8-2-1-7-41(42)49/h1-3,5-8,11-22,27,40,43,46,53,56H,4,9-10,23-26,28-31,49H2,(H,50,54)(H,51,55). The second-order valence-corrected chi connectivity index (χ2v) is 15.7. The first kappa shape index (κ1) is 41.1. The molecule has 5 aromatic carbocycles. The Morgan fingerprint density at radius 2 is 1.50 bits per heavy atom. The Labute approximate surface area is 344 Å². The minimum atomic E-state index is -0.883. The van der Waals surface area contributed by atoms with Gasteiger partial charge in [-0.15, -0.1) is 0 Å². The molecule has 0 bridgehead atoms. The number of nitrogens with two attached hydrogens (primary N) is 1. The van der Waals surface area contributed by atoms with Crippen molar-refractivity contribution in [1.82, 2.24) is 10.2 Å². The SMILES string of the molecule is Nc1ccccc1NC(=O)CCCC(=O)NCc1cccc(-c2ccc(C3OC(CN4CCC(O)(c5ccc(Cl)cc5)CC4)CC(c4ccc(CO)cc4)O3)cc2)c1. The average molecular weight is 803 g/mol. The van der Waals surface area contributed by atoms with Crippen LogP contribution in [0.15, 0.2) is 121 Å². The minimum Gasteiger partial charge on any atom is -0.397 e. The number of aliphatic hydroxyl groups excluding tert-OH is 1. The summed E-state index contributed by atoms with van der Waals surface area (Å²) in [5, 5.41) is 27.5. The van der Waals surface area contributed by atoms with Gasteiger partial charge in [0.1, 0.15) is 0 Å². The van der Waals surface area contributed by atoms with Gasteiger partial charge in [-0.3, -0.25) is 9.59 Å². The Morgan fingerprint density at radius 1 is 0.793 bits per heavy atom.